The molecule has 0 aliphatic heterocycles. The summed E-state index contributed by atoms with van der Waals surface area (Å²) >= 11 is 0. The monoisotopic (exact) mass is 396 g/mol. The predicted molar refractivity (Wildman–Crippen MR) is 112 cm³/mol. The van der Waals surface area contributed by atoms with Gasteiger partial charge < -0.3 is 15.0 Å². The number of carbonyl (C=O) groups is 3. The molecule has 0 aliphatic carbocycles. The van der Waals surface area contributed by atoms with Crippen LogP contribution in [0.3, 0.4) is 0 Å². The van der Waals surface area contributed by atoms with Gasteiger partial charge in [-0.2, -0.15) is 0 Å². The second-order valence-corrected chi connectivity index (χ2v) is 7.82. The molecule has 0 saturated heterocycles. The molecule has 6 nitrogen and oxygen atoms in total. The van der Waals surface area contributed by atoms with Crippen molar-refractivity contribution in [3.63, 3.8) is 0 Å². The van der Waals surface area contributed by atoms with Gasteiger partial charge in [0.25, 0.3) is 5.91 Å². The van der Waals surface area contributed by atoms with Crippen molar-refractivity contribution in [3.05, 3.63) is 65.7 Å². The molecule has 6 heteroatoms. The van der Waals surface area contributed by atoms with Crippen LogP contribution in [0.1, 0.15) is 43.1 Å². The van der Waals surface area contributed by atoms with Crippen LogP contribution in [0, 0.1) is 5.41 Å². The van der Waals surface area contributed by atoms with Gasteiger partial charge >= 0.3 is 5.97 Å². The number of carbonyl (C=O) groups excluding carboxylic acids is 3. The van der Waals surface area contributed by atoms with E-state index in [0.29, 0.717) is 17.8 Å². The average Bonchev–Trinajstić information content (AvgIpc) is 2.70. The van der Waals surface area contributed by atoms with Gasteiger partial charge in [-0.3, -0.25) is 14.4 Å². The van der Waals surface area contributed by atoms with Crippen LogP contribution in [0.4, 0.5) is 5.69 Å². The summed E-state index contributed by atoms with van der Waals surface area (Å²) in [6.45, 7) is 6.08. The highest BCUT2D eigenvalue weighted by atomic mass is 16.5. The molecule has 0 fully saturated rings. The van der Waals surface area contributed by atoms with Gasteiger partial charge in [-0.05, 0) is 23.8 Å². The standard InChI is InChI=1S/C23H28N2O4/c1-23(2,3)22(28)24-19-12-8-11-18(15-19)21(27)25(14-13-20(26)29-4)16-17-9-6-5-7-10-17/h5-12,15H,13-14,16H2,1-4H3,(H,24,28). The summed E-state index contributed by atoms with van der Waals surface area (Å²) in [6, 6.07) is 16.4. The Morgan fingerprint density at radius 3 is 2.31 bits per heavy atom. The molecule has 0 radical (unpaired) electrons. The maximum Gasteiger partial charge on any atom is 0.307 e. The second-order valence-electron chi connectivity index (χ2n) is 7.82. The molecular weight excluding hydrogens is 368 g/mol. The fourth-order valence-electron chi connectivity index (χ4n) is 2.62. The summed E-state index contributed by atoms with van der Waals surface area (Å²) in [6.07, 6.45) is 0.107. The Balaban J connectivity index is 2.21. The van der Waals surface area contributed by atoms with Crippen molar-refractivity contribution < 1.29 is 19.1 Å². The largest absolute Gasteiger partial charge is 0.469 e. The molecule has 0 aliphatic rings. The van der Waals surface area contributed by atoms with E-state index in [2.05, 4.69) is 5.32 Å². The van der Waals surface area contributed by atoms with Crippen LogP contribution in [0.2, 0.25) is 0 Å². The number of benzene rings is 2. The number of esters is 1. The van der Waals surface area contributed by atoms with Gasteiger partial charge in [0.05, 0.1) is 13.5 Å². The van der Waals surface area contributed by atoms with Crippen molar-refractivity contribution in [2.75, 3.05) is 19.0 Å². The average molecular weight is 396 g/mol. The Hall–Kier alpha value is -3.15. The van der Waals surface area contributed by atoms with E-state index in [4.69, 9.17) is 4.74 Å². The summed E-state index contributed by atoms with van der Waals surface area (Å²) in [4.78, 5) is 38.6. The van der Waals surface area contributed by atoms with Crippen molar-refractivity contribution >= 4 is 23.5 Å². The third kappa shape index (κ3) is 6.75. The van der Waals surface area contributed by atoms with Crippen molar-refractivity contribution in [1.29, 1.82) is 0 Å². The number of nitrogens with one attached hydrogen (secondary N) is 1. The lowest BCUT2D eigenvalue weighted by Gasteiger charge is -2.23. The first-order chi connectivity index (χ1) is 13.7. The van der Waals surface area contributed by atoms with E-state index in [0.717, 1.165) is 5.56 Å². The minimum atomic E-state index is -0.542. The molecule has 29 heavy (non-hydrogen) atoms. The van der Waals surface area contributed by atoms with Gasteiger partial charge in [-0.1, -0.05) is 57.2 Å². The van der Waals surface area contributed by atoms with Gasteiger partial charge in [-0.15, -0.1) is 0 Å². The first kappa shape index (κ1) is 22.1. The van der Waals surface area contributed by atoms with E-state index < -0.39 is 5.41 Å². The Kier molecular flexibility index (Phi) is 7.53. The minimum Gasteiger partial charge on any atom is -0.469 e. The zero-order valence-corrected chi connectivity index (χ0v) is 17.4. The fraction of sp³-hybridized carbons (Fsp3) is 0.348. The minimum absolute atomic E-state index is 0.107. The Morgan fingerprint density at radius 1 is 1.00 bits per heavy atom. The van der Waals surface area contributed by atoms with Crippen molar-refractivity contribution in [3.8, 4) is 0 Å². The summed E-state index contributed by atoms with van der Waals surface area (Å²) in [5.74, 6) is -0.722. The van der Waals surface area contributed by atoms with Crippen molar-refractivity contribution in [2.24, 2.45) is 5.41 Å². The maximum atomic E-state index is 13.1. The van der Waals surface area contributed by atoms with E-state index in [1.54, 1.807) is 29.2 Å². The van der Waals surface area contributed by atoms with Crippen LogP contribution in [0.15, 0.2) is 54.6 Å². The number of hydrogen-bond donors (Lipinski definition) is 1. The molecule has 0 unspecified atom stereocenters. The normalized spacial score (nSPS) is 10.9. The molecule has 2 amide bonds. The highest BCUT2D eigenvalue weighted by molar-refractivity contribution is 5.98. The first-order valence-corrected chi connectivity index (χ1v) is 9.52. The summed E-state index contributed by atoms with van der Waals surface area (Å²) in [7, 11) is 1.33. The molecule has 0 atom stereocenters. The van der Waals surface area contributed by atoms with Gasteiger partial charge in [0.2, 0.25) is 5.91 Å². The lowest BCUT2D eigenvalue weighted by Crippen LogP contribution is -2.33. The highest BCUT2D eigenvalue weighted by Gasteiger charge is 2.22. The fourth-order valence-corrected chi connectivity index (χ4v) is 2.62. The summed E-state index contributed by atoms with van der Waals surface area (Å²) in [5, 5.41) is 2.84. The van der Waals surface area contributed by atoms with Crippen LogP contribution in [0.25, 0.3) is 0 Å². The molecule has 0 heterocycles. The molecule has 154 valence electrons. The number of rotatable bonds is 7. The van der Waals surface area contributed by atoms with E-state index in [9.17, 15) is 14.4 Å². The highest BCUT2D eigenvalue weighted by Crippen LogP contribution is 2.19. The Bertz CT molecular complexity index is 857. The molecule has 2 aromatic carbocycles. The topological polar surface area (TPSA) is 75.7 Å². The quantitative estimate of drug-likeness (QED) is 0.721. The third-order valence-corrected chi connectivity index (χ3v) is 4.37. The van der Waals surface area contributed by atoms with Crippen LogP contribution in [-0.2, 0) is 20.9 Å². The molecule has 0 bridgehead atoms. The van der Waals surface area contributed by atoms with Gasteiger partial charge in [0.15, 0.2) is 0 Å². The molecule has 0 aromatic heterocycles. The molecule has 0 saturated carbocycles. The van der Waals surface area contributed by atoms with E-state index >= 15 is 0 Å². The van der Waals surface area contributed by atoms with E-state index in [1.807, 2.05) is 51.1 Å². The number of methoxy groups -OCH3 is 1. The maximum absolute atomic E-state index is 13.1. The molecule has 0 spiro atoms. The number of nitrogens with zero attached hydrogens (tertiary/aromatic N) is 1. The first-order valence-electron chi connectivity index (χ1n) is 9.52. The van der Waals surface area contributed by atoms with E-state index in [-0.39, 0.29) is 30.7 Å². The van der Waals surface area contributed by atoms with Crippen LogP contribution in [-0.4, -0.2) is 36.3 Å². The SMILES string of the molecule is COC(=O)CCN(Cc1ccccc1)C(=O)c1cccc(NC(=O)C(C)(C)C)c1. The van der Waals surface area contributed by atoms with Gasteiger partial charge in [0, 0.05) is 29.8 Å². The van der Waals surface area contributed by atoms with Gasteiger partial charge in [0.1, 0.15) is 0 Å². The predicted octanol–water partition coefficient (Wildman–Crippen LogP) is 3.88. The number of amides is 2. The Labute approximate surface area is 171 Å². The molecule has 2 aromatic rings. The Morgan fingerprint density at radius 2 is 1.69 bits per heavy atom. The third-order valence-electron chi connectivity index (χ3n) is 4.37. The van der Waals surface area contributed by atoms with Crippen molar-refractivity contribution in [1.82, 2.24) is 4.90 Å². The zero-order chi connectivity index (χ0) is 21.4. The molecular formula is C23H28N2O4. The summed E-state index contributed by atoms with van der Waals surface area (Å²) < 4.78 is 4.71. The van der Waals surface area contributed by atoms with Crippen LogP contribution >= 0.6 is 0 Å². The number of anilines is 1. The second kappa shape index (κ2) is 9.87. The number of hydrogen-bond acceptors (Lipinski definition) is 4. The smallest absolute Gasteiger partial charge is 0.307 e. The molecule has 1 N–H and O–H groups in total. The zero-order valence-electron chi connectivity index (χ0n) is 17.4. The van der Waals surface area contributed by atoms with Crippen LogP contribution in [0.5, 0.6) is 0 Å². The lowest BCUT2D eigenvalue weighted by atomic mass is 9.95. The lowest BCUT2D eigenvalue weighted by molar-refractivity contribution is -0.140. The van der Waals surface area contributed by atoms with Crippen LogP contribution < -0.4 is 5.32 Å². The van der Waals surface area contributed by atoms with E-state index in [1.165, 1.54) is 7.11 Å². The number of ether oxygens (including phenoxy) is 1. The summed E-state index contributed by atoms with van der Waals surface area (Å²) in [5.41, 5.74) is 1.42. The van der Waals surface area contributed by atoms with Gasteiger partial charge in [-0.25, -0.2) is 0 Å². The van der Waals surface area contributed by atoms with Crippen molar-refractivity contribution in [2.45, 2.75) is 33.7 Å². The molecule has 2 rings (SSSR count).